The van der Waals surface area contributed by atoms with Crippen molar-refractivity contribution in [2.24, 2.45) is 0 Å². The van der Waals surface area contributed by atoms with Crippen LogP contribution in [-0.2, 0) is 4.79 Å². The van der Waals surface area contributed by atoms with Crippen LogP contribution in [0, 0.1) is 11.6 Å². The van der Waals surface area contributed by atoms with Gasteiger partial charge in [-0.25, -0.2) is 8.78 Å². The van der Waals surface area contributed by atoms with E-state index in [1.54, 1.807) is 0 Å². The molecule has 1 aromatic rings. The average Bonchev–Trinajstić information content (AvgIpc) is 2.71. The van der Waals surface area contributed by atoms with Crippen molar-refractivity contribution in [2.75, 3.05) is 5.75 Å². The number of hydrogen-bond acceptors (Lipinski definition) is 3. The number of carboxylic acids is 1. The third-order valence-electron chi connectivity index (χ3n) is 2.34. The van der Waals surface area contributed by atoms with Crippen LogP contribution in [0.1, 0.15) is 10.9 Å². The summed E-state index contributed by atoms with van der Waals surface area (Å²) in [5, 5.41) is 11.0. The number of thioether (sulfide) groups is 1. The highest BCUT2D eigenvalue weighted by molar-refractivity contribution is 7.99. The smallest absolute Gasteiger partial charge is 0.321 e. The summed E-state index contributed by atoms with van der Waals surface area (Å²) in [4.78, 5) is 10.7. The molecule has 1 fully saturated rings. The summed E-state index contributed by atoms with van der Waals surface area (Å²) in [6, 6.07) is 3.18. The fourth-order valence-electron chi connectivity index (χ4n) is 1.52. The van der Waals surface area contributed by atoms with Gasteiger partial charge in [0.15, 0.2) is 11.6 Å². The number of rotatable bonds is 2. The van der Waals surface area contributed by atoms with Gasteiger partial charge in [-0.15, -0.1) is 11.8 Å². The third-order valence-corrected chi connectivity index (χ3v) is 3.59. The van der Waals surface area contributed by atoms with E-state index in [-0.39, 0.29) is 5.56 Å². The number of carboxylic acid groups (broad SMARTS) is 1. The highest BCUT2D eigenvalue weighted by Gasteiger charge is 2.32. The molecule has 0 spiro atoms. The number of benzene rings is 1. The first-order valence-electron chi connectivity index (χ1n) is 4.64. The number of hydrogen-bond donors (Lipinski definition) is 2. The van der Waals surface area contributed by atoms with Gasteiger partial charge in [-0.2, -0.15) is 0 Å². The molecule has 3 nitrogen and oxygen atoms in total. The molecule has 1 aliphatic heterocycles. The van der Waals surface area contributed by atoms with Crippen molar-refractivity contribution in [2.45, 2.75) is 11.4 Å². The first kappa shape index (κ1) is 11.3. The van der Waals surface area contributed by atoms with Crippen LogP contribution in [0.3, 0.4) is 0 Å². The van der Waals surface area contributed by atoms with Gasteiger partial charge >= 0.3 is 5.97 Å². The van der Waals surface area contributed by atoms with Gasteiger partial charge in [-0.1, -0.05) is 12.1 Å². The summed E-state index contributed by atoms with van der Waals surface area (Å²) >= 11 is 1.26. The number of carbonyl (C=O) groups is 1. The zero-order valence-corrected chi connectivity index (χ0v) is 8.93. The van der Waals surface area contributed by atoms with Crippen molar-refractivity contribution >= 4 is 17.7 Å². The fraction of sp³-hybridized carbons (Fsp3) is 0.300. The van der Waals surface area contributed by atoms with Gasteiger partial charge in [0.1, 0.15) is 6.04 Å². The minimum atomic E-state index is -0.980. The molecule has 86 valence electrons. The molecular weight excluding hydrogens is 236 g/mol. The van der Waals surface area contributed by atoms with Crippen LogP contribution < -0.4 is 5.32 Å². The summed E-state index contributed by atoms with van der Waals surface area (Å²) in [5.74, 6) is -2.47. The third kappa shape index (κ3) is 2.03. The maximum absolute atomic E-state index is 13.4. The maximum Gasteiger partial charge on any atom is 0.321 e. The number of halogens is 2. The SMILES string of the molecule is O=C(O)C1CSC(c2cccc(F)c2F)N1. The molecule has 0 bridgehead atoms. The lowest BCUT2D eigenvalue weighted by atomic mass is 10.2. The highest BCUT2D eigenvalue weighted by Crippen LogP contribution is 2.34. The Balaban J connectivity index is 2.21. The molecule has 2 rings (SSSR count). The van der Waals surface area contributed by atoms with Gasteiger partial charge in [0.05, 0.1) is 5.37 Å². The Hall–Kier alpha value is -1.14. The zero-order valence-electron chi connectivity index (χ0n) is 8.11. The van der Waals surface area contributed by atoms with Crippen LogP contribution in [0.25, 0.3) is 0 Å². The summed E-state index contributed by atoms with van der Waals surface area (Å²) in [6.07, 6.45) is 0. The second kappa shape index (κ2) is 4.39. The van der Waals surface area contributed by atoms with E-state index in [0.717, 1.165) is 6.07 Å². The van der Waals surface area contributed by atoms with E-state index in [1.165, 1.54) is 23.9 Å². The topological polar surface area (TPSA) is 49.3 Å². The Morgan fingerprint density at radius 3 is 2.88 bits per heavy atom. The fourth-order valence-corrected chi connectivity index (χ4v) is 2.76. The number of aliphatic carboxylic acids is 1. The van der Waals surface area contributed by atoms with E-state index in [2.05, 4.69) is 5.32 Å². The molecule has 1 aliphatic rings. The van der Waals surface area contributed by atoms with E-state index < -0.39 is 29.0 Å². The predicted molar refractivity (Wildman–Crippen MR) is 56.1 cm³/mol. The lowest BCUT2D eigenvalue weighted by Gasteiger charge is -2.12. The highest BCUT2D eigenvalue weighted by atomic mass is 32.2. The lowest BCUT2D eigenvalue weighted by Crippen LogP contribution is -2.33. The molecule has 1 heterocycles. The summed E-state index contributed by atoms with van der Waals surface area (Å²) in [7, 11) is 0. The monoisotopic (exact) mass is 245 g/mol. The minimum Gasteiger partial charge on any atom is -0.480 e. The molecule has 0 saturated carbocycles. The van der Waals surface area contributed by atoms with Crippen LogP contribution in [0.2, 0.25) is 0 Å². The van der Waals surface area contributed by atoms with Gasteiger partial charge in [0.25, 0.3) is 0 Å². The molecule has 2 N–H and O–H groups in total. The number of nitrogens with one attached hydrogen (secondary N) is 1. The quantitative estimate of drug-likeness (QED) is 0.833. The van der Waals surface area contributed by atoms with Crippen molar-refractivity contribution in [1.82, 2.24) is 5.32 Å². The lowest BCUT2D eigenvalue weighted by molar-refractivity contribution is -0.138. The molecule has 0 radical (unpaired) electrons. The van der Waals surface area contributed by atoms with Crippen LogP contribution in [0.15, 0.2) is 18.2 Å². The molecule has 0 aromatic heterocycles. The molecule has 0 aliphatic carbocycles. The standard InChI is InChI=1S/C10H9F2NO2S/c11-6-3-1-2-5(8(6)12)9-13-7(4-16-9)10(14)15/h1-3,7,9,13H,4H2,(H,14,15). The van der Waals surface area contributed by atoms with Crippen LogP contribution >= 0.6 is 11.8 Å². The first-order valence-corrected chi connectivity index (χ1v) is 5.69. The average molecular weight is 245 g/mol. The van der Waals surface area contributed by atoms with Crippen molar-refractivity contribution in [3.63, 3.8) is 0 Å². The van der Waals surface area contributed by atoms with Crippen molar-refractivity contribution in [3.8, 4) is 0 Å². The van der Waals surface area contributed by atoms with Crippen molar-refractivity contribution in [1.29, 1.82) is 0 Å². The van der Waals surface area contributed by atoms with Crippen LogP contribution in [0.4, 0.5) is 8.78 Å². The summed E-state index contributed by atoms with van der Waals surface area (Å²) in [6.45, 7) is 0. The zero-order chi connectivity index (χ0) is 11.7. The van der Waals surface area contributed by atoms with Crippen LogP contribution in [0.5, 0.6) is 0 Å². The van der Waals surface area contributed by atoms with Gasteiger partial charge in [-0.05, 0) is 6.07 Å². The molecule has 16 heavy (non-hydrogen) atoms. The van der Waals surface area contributed by atoms with E-state index in [9.17, 15) is 13.6 Å². The molecule has 6 heteroatoms. The van der Waals surface area contributed by atoms with Crippen molar-refractivity contribution in [3.05, 3.63) is 35.4 Å². The molecule has 1 aromatic carbocycles. The van der Waals surface area contributed by atoms with E-state index in [4.69, 9.17) is 5.11 Å². The molecule has 1 saturated heterocycles. The largest absolute Gasteiger partial charge is 0.480 e. The van der Waals surface area contributed by atoms with Crippen LogP contribution in [-0.4, -0.2) is 22.9 Å². The van der Waals surface area contributed by atoms with Gasteiger partial charge < -0.3 is 5.11 Å². The molecular formula is C10H9F2NO2S. The van der Waals surface area contributed by atoms with Gasteiger partial charge in [0, 0.05) is 11.3 Å². The Bertz CT molecular complexity index is 427. The normalized spacial score (nSPS) is 24.6. The molecule has 0 amide bonds. The molecule has 2 unspecified atom stereocenters. The second-order valence-electron chi connectivity index (χ2n) is 3.41. The summed E-state index contributed by atoms with van der Waals surface area (Å²) < 4.78 is 26.4. The Morgan fingerprint density at radius 2 is 2.25 bits per heavy atom. The second-order valence-corrected chi connectivity index (χ2v) is 4.55. The Kier molecular flexibility index (Phi) is 3.11. The summed E-state index contributed by atoms with van der Waals surface area (Å²) in [5.41, 5.74) is 0.161. The van der Waals surface area contributed by atoms with E-state index >= 15 is 0 Å². The minimum absolute atomic E-state index is 0.161. The maximum atomic E-state index is 13.4. The Morgan fingerprint density at radius 1 is 1.50 bits per heavy atom. The molecule has 2 atom stereocenters. The predicted octanol–water partition coefficient (Wildman–Crippen LogP) is 1.75. The van der Waals surface area contributed by atoms with Gasteiger partial charge in [-0.3, -0.25) is 10.1 Å². The van der Waals surface area contributed by atoms with Gasteiger partial charge in [0.2, 0.25) is 0 Å². The van der Waals surface area contributed by atoms with Crippen molar-refractivity contribution < 1.29 is 18.7 Å². The first-order chi connectivity index (χ1) is 7.59. The van der Waals surface area contributed by atoms with E-state index in [1.807, 2.05) is 0 Å². The van der Waals surface area contributed by atoms with E-state index in [0.29, 0.717) is 5.75 Å². The Labute approximate surface area is 94.8 Å².